The molecular formula is C48H32N2O. The van der Waals surface area contributed by atoms with E-state index in [1.807, 2.05) is 0 Å². The Hall–Kier alpha value is -6.84. The zero-order valence-corrected chi connectivity index (χ0v) is 27.8. The lowest BCUT2D eigenvalue weighted by atomic mass is 10.00. The molecule has 51 heavy (non-hydrogen) atoms. The molecule has 240 valence electrons. The van der Waals surface area contributed by atoms with Crippen molar-refractivity contribution in [3.63, 3.8) is 0 Å². The molecule has 3 heteroatoms. The van der Waals surface area contributed by atoms with Crippen molar-refractivity contribution in [1.82, 2.24) is 4.57 Å². The van der Waals surface area contributed by atoms with Gasteiger partial charge < -0.3 is 14.2 Å². The van der Waals surface area contributed by atoms with Gasteiger partial charge in [-0.3, -0.25) is 0 Å². The highest BCUT2D eigenvalue weighted by Gasteiger charge is 2.26. The molecule has 10 rings (SSSR count). The molecular weight excluding hydrogens is 621 g/mol. The molecule has 3 nitrogen and oxygen atoms in total. The lowest BCUT2D eigenvalue weighted by molar-refractivity contribution is 0.478. The van der Waals surface area contributed by atoms with E-state index in [0.717, 1.165) is 50.9 Å². The van der Waals surface area contributed by atoms with Crippen LogP contribution in [0, 0.1) is 0 Å². The van der Waals surface area contributed by atoms with Gasteiger partial charge in [-0.25, -0.2) is 0 Å². The molecule has 9 aromatic rings. The largest absolute Gasteiger partial charge is 0.452 e. The number of rotatable bonds is 6. The zero-order chi connectivity index (χ0) is 33.7. The van der Waals surface area contributed by atoms with E-state index in [2.05, 4.69) is 204 Å². The number of anilines is 3. The van der Waals surface area contributed by atoms with Crippen molar-refractivity contribution in [2.45, 2.75) is 0 Å². The van der Waals surface area contributed by atoms with Gasteiger partial charge in [-0.05, 0) is 82.4 Å². The Morgan fingerprint density at radius 3 is 1.57 bits per heavy atom. The van der Waals surface area contributed by atoms with Gasteiger partial charge in [0.15, 0.2) is 11.5 Å². The summed E-state index contributed by atoms with van der Waals surface area (Å²) in [4.78, 5) is 2.31. The van der Waals surface area contributed by atoms with Gasteiger partial charge >= 0.3 is 0 Å². The minimum absolute atomic E-state index is 0.874. The van der Waals surface area contributed by atoms with Crippen LogP contribution in [-0.2, 0) is 0 Å². The number of ether oxygens (including phenoxy) is 1. The van der Waals surface area contributed by atoms with Crippen LogP contribution in [0.1, 0.15) is 0 Å². The van der Waals surface area contributed by atoms with Gasteiger partial charge in [-0.1, -0.05) is 140 Å². The topological polar surface area (TPSA) is 17.4 Å². The van der Waals surface area contributed by atoms with Crippen LogP contribution in [0.2, 0.25) is 0 Å². The fourth-order valence-electron chi connectivity index (χ4n) is 7.57. The van der Waals surface area contributed by atoms with Crippen molar-refractivity contribution >= 4 is 38.9 Å². The molecule has 0 radical (unpaired) electrons. The first kappa shape index (κ1) is 29.1. The van der Waals surface area contributed by atoms with Gasteiger partial charge in [0.1, 0.15) is 0 Å². The average molecular weight is 653 g/mol. The predicted molar refractivity (Wildman–Crippen MR) is 212 cm³/mol. The smallest absolute Gasteiger partial charge is 0.159 e. The number of hydrogen-bond donors (Lipinski definition) is 0. The normalized spacial score (nSPS) is 11.7. The molecule has 0 amide bonds. The Morgan fingerprint density at radius 2 is 0.882 bits per heavy atom. The van der Waals surface area contributed by atoms with Crippen molar-refractivity contribution in [3.8, 4) is 50.6 Å². The van der Waals surface area contributed by atoms with Crippen molar-refractivity contribution in [2.75, 3.05) is 4.90 Å². The third kappa shape index (κ3) is 4.90. The lowest BCUT2D eigenvalue weighted by Crippen LogP contribution is -2.09. The molecule has 0 spiro atoms. The molecule has 0 atom stereocenters. The molecule has 1 aliphatic heterocycles. The molecule has 8 aromatic carbocycles. The van der Waals surface area contributed by atoms with Crippen molar-refractivity contribution in [3.05, 3.63) is 194 Å². The van der Waals surface area contributed by atoms with Crippen molar-refractivity contribution in [2.24, 2.45) is 0 Å². The summed E-state index contributed by atoms with van der Waals surface area (Å²) in [5.41, 5.74) is 13.6. The van der Waals surface area contributed by atoms with Crippen LogP contribution < -0.4 is 9.64 Å². The van der Waals surface area contributed by atoms with Crippen molar-refractivity contribution in [1.29, 1.82) is 0 Å². The highest BCUT2D eigenvalue weighted by atomic mass is 16.5. The summed E-state index contributed by atoms with van der Waals surface area (Å²) in [5.74, 6) is 1.75. The maximum Gasteiger partial charge on any atom is 0.159 e. The zero-order valence-electron chi connectivity index (χ0n) is 27.8. The summed E-state index contributed by atoms with van der Waals surface area (Å²) in [7, 11) is 0. The van der Waals surface area contributed by atoms with Crippen LogP contribution in [-0.4, -0.2) is 4.57 Å². The summed E-state index contributed by atoms with van der Waals surface area (Å²) in [6.07, 6.45) is 0. The van der Waals surface area contributed by atoms with E-state index in [4.69, 9.17) is 4.74 Å². The molecule has 0 bridgehead atoms. The van der Waals surface area contributed by atoms with E-state index < -0.39 is 0 Å². The fraction of sp³-hybridized carbons (Fsp3) is 0. The molecule has 0 aliphatic carbocycles. The predicted octanol–water partition coefficient (Wildman–Crippen LogP) is 13.4. The van der Waals surface area contributed by atoms with Crippen LogP contribution in [0.3, 0.4) is 0 Å². The van der Waals surface area contributed by atoms with E-state index in [9.17, 15) is 0 Å². The van der Waals surface area contributed by atoms with E-state index in [0.29, 0.717) is 0 Å². The lowest BCUT2D eigenvalue weighted by Gasteiger charge is -2.26. The number of nitrogens with zero attached hydrogens (tertiary/aromatic N) is 2. The first-order valence-electron chi connectivity index (χ1n) is 17.4. The van der Waals surface area contributed by atoms with E-state index in [1.54, 1.807) is 0 Å². The van der Waals surface area contributed by atoms with Gasteiger partial charge in [-0.2, -0.15) is 0 Å². The third-order valence-electron chi connectivity index (χ3n) is 10.0. The van der Waals surface area contributed by atoms with Crippen LogP contribution >= 0.6 is 0 Å². The number of hydrogen-bond acceptors (Lipinski definition) is 2. The number of benzene rings is 8. The highest BCUT2D eigenvalue weighted by molar-refractivity contribution is 6.12. The molecule has 0 unspecified atom stereocenters. The minimum atomic E-state index is 0.874. The summed E-state index contributed by atoms with van der Waals surface area (Å²) in [6, 6.07) is 68.9. The van der Waals surface area contributed by atoms with Crippen LogP contribution in [0.25, 0.3) is 60.9 Å². The SMILES string of the molecule is c1ccc(-c2ccc(-c3ccc(N(c4ccccc4)c4ccc(-c5cccc6c5Oc5cccc7c8ccccc8n-6c57)cc4)cc3)cc2)cc1. The Bertz CT molecular complexity index is 2680. The van der Waals surface area contributed by atoms with E-state index in [-0.39, 0.29) is 0 Å². The number of para-hydroxylation sites is 4. The molecule has 0 N–H and O–H groups in total. The van der Waals surface area contributed by atoms with Crippen LogP contribution in [0.5, 0.6) is 11.5 Å². The van der Waals surface area contributed by atoms with E-state index in [1.165, 1.54) is 38.5 Å². The molecule has 2 heterocycles. The van der Waals surface area contributed by atoms with Crippen LogP contribution in [0.15, 0.2) is 194 Å². The first-order valence-corrected chi connectivity index (χ1v) is 17.4. The maximum absolute atomic E-state index is 6.73. The standard InChI is InChI=1S/C48H32N2O/c1-3-11-33(12-4-1)34-21-23-35(24-22-34)36-25-29-39(30-26-36)49(38-13-5-2-6-14-38)40-31-27-37(28-32-40)41-16-9-19-45-48(41)51-46-20-10-17-43-42-15-7-8-18-44(42)50(45)47(43)46/h1-32H. The van der Waals surface area contributed by atoms with Gasteiger partial charge in [-0.15, -0.1) is 0 Å². The van der Waals surface area contributed by atoms with Gasteiger partial charge in [0.2, 0.25) is 0 Å². The number of aromatic nitrogens is 1. The first-order chi connectivity index (χ1) is 25.3. The molecule has 1 aliphatic rings. The maximum atomic E-state index is 6.73. The fourth-order valence-corrected chi connectivity index (χ4v) is 7.57. The minimum Gasteiger partial charge on any atom is -0.452 e. The Balaban J connectivity index is 1.00. The number of fused-ring (bicyclic) bond motifs is 5. The summed E-state index contributed by atoms with van der Waals surface area (Å²) < 4.78 is 9.08. The Morgan fingerprint density at radius 1 is 0.373 bits per heavy atom. The molecule has 0 fully saturated rings. The second-order valence-electron chi connectivity index (χ2n) is 13.0. The second kappa shape index (κ2) is 11.9. The molecule has 0 saturated carbocycles. The molecule has 1 aromatic heterocycles. The van der Waals surface area contributed by atoms with Gasteiger partial charge in [0.25, 0.3) is 0 Å². The van der Waals surface area contributed by atoms with E-state index >= 15 is 0 Å². The van der Waals surface area contributed by atoms with Crippen molar-refractivity contribution < 1.29 is 4.74 Å². The average Bonchev–Trinajstić information content (AvgIpc) is 3.55. The van der Waals surface area contributed by atoms with Crippen LogP contribution in [0.4, 0.5) is 17.1 Å². The van der Waals surface area contributed by atoms with Gasteiger partial charge in [0.05, 0.1) is 16.7 Å². The molecule has 0 saturated heterocycles. The quantitative estimate of drug-likeness (QED) is 0.178. The monoisotopic (exact) mass is 652 g/mol. The third-order valence-corrected chi connectivity index (χ3v) is 10.0. The second-order valence-corrected chi connectivity index (χ2v) is 13.0. The summed E-state index contributed by atoms with van der Waals surface area (Å²) >= 11 is 0. The summed E-state index contributed by atoms with van der Waals surface area (Å²) in [5, 5.41) is 2.44. The van der Waals surface area contributed by atoms with Gasteiger partial charge in [0, 0.05) is 33.4 Å². The Kier molecular flexibility index (Phi) is 6.81. The Labute approximate surface area is 296 Å². The highest BCUT2D eigenvalue weighted by Crippen LogP contribution is 2.49. The summed E-state index contributed by atoms with van der Waals surface area (Å²) in [6.45, 7) is 0.